The van der Waals surface area contributed by atoms with Crippen molar-refractivity contribution < 1.29 is 22.0 Å². The molecule has 1 rings (SSSR count). The van der Waals surface area contributed by atoms with E-state index in [-0.39, 0.29) is 6.42 Å². The molecule has 92 valence electrons. The molecular formula is C7H9F5N4. The van der Waals surface area contributed by atoms with Crippen LogP contribution >= 0.6 is 0 Å². The zero-order chi connectivity index (χ0) is 12.4. The normalized spacial score (nSPS) is 13.1. The highest BCUT2D eigenvalue weighted by Gasteiger charge is 2.61. The summed E-state index contributed by atoms with van der Waals surface area (Å²) < 4.78 is 61.4. The number of hydrogen-bond donors (Lipinski definition) is 0. The van der Waals surface area contributed by atoms with Crippen molar-refractivity contribution in [3.05, 3.63) is 5.82 Å². The van der Waals surface area contributed by atoms with Crippen molar-refractivity contribution in [3.8, 4) is 0 Å². The molecule has 0 aliphatic rings. The molecule has 0 aliphatic carbocycles. The number of unbranched alkanes of at least 4 members (excludes halogenated alkanes) is 1. The molecule has 4 nitrogen and oxygen atoms in total. The molecule has 0 N–H and O–H groups in total. The maximum absolute atomic E-state index is 12.9. The Morgan fingerprint density at radius 1 is 1.19 bits per heavy atom. The Hall–Kier alpha value is -1.28. The molecule has 0 bridgehead atoms. The third kappa shape index (κ3) is 2.27. The van der Waals surface area contributed by atoms with Crippen molar-refractivity contribution in [1.29, 1.82) is 0 Å². The van der Waals surface area contributed by atoms with E-state index in [1.54, 1.807) is 6.92 Å². The molecule has 0 radical (unpaired) electrons. The van der Waals surface area contributed by atoms with Crippen molar-refractivity contribution in [2.24, 2.45) is 0 Å². The molecule has 0 amide bonds. The van der Waals surface area contributed by atoms with Gasteiger partial charge in [-0.15, -0.1) is 5.10 Å². The van der Waals surface area contributed by atoms with Crippen LogP contribution in [0.5, 0.6) is 0 Å². The van der Waals surface area contributed by atoms with Crippen LogP contribution in [0.3, 0.4) is 0 Å². The second-order valence-electron chi connectivity index (χ2n) is 3.15. The van der Waals surface area contributed by atoms with Gasteiger partial charge in [0.05, 0.1) is 0 Å². The first-order valence-electron chi connectivity index (χ1n) is 4.53. The van der Waals surface area contributed by atoms with Crippen LogP contribution < -0.4 is 0 Å². The number of rotatable bonds is 4. The summed E-state index contributed by atoms with van der Waals surface area (Å²) in [5.41, 5.74) is 0. The first-order valence-corrected chi connectivity index (χ1v) is 4.53. The molecule has 0 atom stereocenters. The number of hydrogen-bond acceptors (Lipinski definition) is 3. The molecule has 9 heteroatoms. The Kier molecular flexibility index (Phi) is 3.44. The topological polar surface area (TPSA) is 43.6 Å². The Bertz CT molecular complexity index is 345. The Morgan fingerprint density at radius 3 is 2.31 bits per heavy atom. The standard InChI is InChI=1S/C7H9F5N4/c1-2-3-4-5-13-14-15-16(5)7(11,12)6(8,9)10/h2-4H2,1H3. The van der Waals surface area contributed by atoms with E-state index in [1.807, 2.05) is 0 Å². The van der Waals surface area contributed by atoms with Crippen LogP contribution in [0.15, 0.2) is 0 Å². The van der Waals surface area contributed by atoms with Crippen LogP contribution in [-0.2, 0) is 12.5 Å². The van der Waals surface area contributed by atoms with Crippen LogP contribution in [-0.4, -0.2) is 26.4 Å². The van der Waals surface area contributed by atoms with Crippen molar-refractivity contribution in [2.45, 2.75) is 38.4 Å². The second-order valence-corrected chi connectivity index (χ2v) is 3.15. The highest BCUT2D eigenvalue weighted by atomic mass is 19.4. The van der Waals surface area contributed by atoms with Crippen LogP contribution in [0.25, 0.3) is 0 Å². The maximum atomic E-state index is 12.9. The van der Waals surface area contributed by atoms with E-state index in [1.165, 1.54) is 0 Å². The van der Waals surface area contributed by atoms with E-state index < -0.39 is 22.7 Å². The number of aryl methyl sites for hydroxylation is 1. The van der Waals surface area contributed by atoms with Crippen molar-refractivity contribution in [1.82, 2.24) is 20.2 Å². The molecule has 0 aliphatic heterocycles. The lowest BCUT2D eigenvalue weighted by Gasteiger charge is -2.19. The van der Waals surface area contributed by atoms with Crippen molar-refractivity contribution >= 4 is 0 Å². The number of tetrazole rings is 1. The smallest absolute Gasteiger partial charge is 0.170 e. The molecular weight excluding hydrogens is 235 g/mol. The molecule has 0 fully saturated rings. The van der Waals surface area contributed by atoms with Gasteiger partial charge in [0.15, 0.2) is 5.82 Å². The molecule has 0 aromatic carbocycles. The van der Waals surface area contributed by atoms with Gasteiger partial charge in [0.25, 0.3) is 0 Å². The lowest BCUT2D eigenvalue weighted by atomic mass is 10.2. The summed E-state index contributed by atoms with van der Waals surface area (Å²) in [5.74, 6) is -0.468. The van der Waals surface area contributed by atoms with Gasteiger partial charge in [0.2, 0.25) is 0 Å². The van der Waals surface area contributed by atoms with E-state index in [4.69, 9.17) is 0 Å². The lowest BCUT2D eigenvalue weighted by molar-refractivity contribution is -0.329. The highest BCUT2D eigenvalue weighted by molar-refractivity contribution is 4.87. The first-order chi connectivity index (χ1) is 7.30. The monoisotopic (exact) mass is 244 g/mol. The Balaban J connectivity index is 2.99. The van der Waals surface area contributed by atoms with Crippen LogP contribution in [0.2, 0.25) is 0 Å². The summed E-state index contributed by atoms with van der Waals surface area (Å²) in [6.45, 7) is 1.77. The van der Waals surface area contributed by atoms with Gasteiger partial charge in [-0.25, -0.2) is 0 Å². The summed E-state index contributed by atoms with van der Waals surface area (Å²) in [6, 6.07) is -5.07. The van der Waals surface area contributed by atoms with Crippen molar-refractivity contribution in [2.75, 3.05) is 0 Å². The van der Waals surface area contributed by atoms with Crippen LogP contribution in [0.1, 0.15) is 25.6 Å². The third-order valence-corrected chi connectivity index (χ3v) is 1.90. The van der Waals surface area contributed by atoms with E-state index >= 15 is 0 Å². The van der Waals surface area contributed by atoms with E-state index in [0.717, 1.165) is 0 Å². The predicted molar refractivity (Wildman–Crippen MR) is 42.7 cm³/mol. The molecule has 0 saturated heterocycles. The van der Waals surface area contributed by atoms with E-state index in [9.17, 15) is 22.0 Å². The fourth-order valence-electron chi connectivity index (χ4n) is 1.03. The van der Waals surface area contributed by atoms with Gasteiger partial charge >= 0.3 is 12.2 Å². The number of aromatic nitrogens is 4. The van der Waals surface area contributed by atoms with Gasteiger partial charge in [-0.3, -0.25) is 0 Å². The van der Waals surface area contributed by atoms with Crippen molar-refractivity contribution in [3.63, 3.8) is 0 Å². The minimum atomic E-state index is -5.71. The average molecular weight is 244 g/mol. The lowest BCUT2D eigenvalue weighted by Crippen LogP contribution is -2.41. The fourth-order valence-corrected chi connectivity index (χ4v) is 1.03. The van der Waals surface area contributed by atoms with Crippen LogP contribution in [0, 0.1) is 0 Å². The fraction of sp³-hybridized carbons (Fsp3) is 0.857. The maximum Gasteiger partial charge on any atom is 0.477 e. The summed E-state index contributed by atoms with van der Waals surface area (Å²) in [7, 11) is 0. The summed E-state index contributed by atoms with van der Waals surface area (Å²) in [5, 5.41) is 8.69. The summed E-state index contributed by atoms with van der Waals surface area (Å²) in [4.78, 5) is 0. The summed E-state index contributed by atoms with van der Waals surface area (Å²) in [6.07, 6.45) is -4.64. The molecule has 0 saturated carbocycles. The number of alkyl halides is 5. The second kappa shape index (κ2) is 4.30. The summed E-state index contributed by atoms with van der Waals surface area (Å²) >= 11 is 0. The molecule has 0 spiro atoms. The Morgan fingerprint density at radius 2 is 1.81 bits per heavy atom. The molecule has 1 aromatic heterocycles. The number of nitrogens with zero attached hydrogens (tertiary/aromatic N) is 4. The van der Waals surface area contributed by atoms with Gasteiger partial charge in [-0.2, -0.15) is 26.6 Å². The van der Waals surface area contributed by atoms with Gasteiger partial charge in [0.1, 0.15) is 0 Å². The third-order valence-electron chi connectivity index (χ3n) is 1.90. The largest absolute Gasteiger partial charge is 0.477 e. The van der Waals surface area contributed by atoms with Gasteiger partial charge in [-0.1, -0.05) is 13.3 Å². The quantitative estimate of drug-likeness (QED) is 0.762. The molecule has 1 aromatic rings. The predicted octanol–water partition coefficient (Wildman–Crippen LogP) is 2.13. The van der Waals surface area contributed by atoms with Gasteiger partial charge < -0.3 is 0 Å². The molecule has 0 unspecified atom stereocenters. The highest BCUT2D eigenvalue weighted by Crippen LogP contribution is 2.39. The minimum Gasteiger partial charge on any atom is -0.170 e. The van der Waals surface area contributed by atoms with Crippen LogP contribution in [0.4, 0.5) is 22.0 Å². The average Bonchev–Trinajstić information content (AvgIpc) is 2.61. The Labute approximate surface area is 87.4 Å². The zero-order valence-electron chi connectivity index (χ0n) is 8.30. The number of halogens is 5. The minimum absolute atomic E-state index is 0.0187. The van der Waals surface area contributed by atoms with E-state index in [2.05, 4.69) is 15.5 Å². The molecule has 16 heavy (non-hydrogen) atoms. The van der Waals surface area contributed by atoms with E-state index in [0.29, 0.717) is 12.8 Å². The van der Waals surface area contributed by atoms with Gasteiger partial charge in [-0.05, 0) is 16.8 Å². The van der Waals surface area contributed by atoms with Gasteiger partial charge in [0, 0.05) is 6.42 Å². The molecule has 1 heterocycles. The SMILES string of the molecule is CCCCc1nnnn1C(F)(F)C(F)(F)F. The zero-order valence-corrected chi connectivity index (χ0v) is 8.30. The first kappa shape index (κ1) is 12.8.